The summed E-state index contributed by atoms with van der Waals surface area (Å²) in [5, 5.41) is 5.88. The predicted molar refractivity (Wildman–Crippen MR) is 85.5 cm³/mol. The Kier molecular flexibility index (Phi) is 4.83. The van der Waals surface area contributed by atoms with Gasteiger partial charge in [-0.05, 0) is 37.1 Å². The summed E-state index contributed by atoms with van der Waals surface area (Å²) in [6, 6.07) is 5.55. The van der Waals surface area contributed by atoms with Crippen molar-refractivity contribution in [2.75, 3.05) is 0 Å². The molecule has 5 heteroatoms. The number of aromatic nitrogens is 1. The number of hydrogen-bond acceptors (Lipinski definition) is 3. The molecule has 1 amide bonds. The molecular weight excluding hydrogens is 299 g/mol. The molecule has 2 aromatic rings. The van der Waals surface area contributed by atoms with Gasteiger partial charge in [-0.3, -0.25) is 4.79 Å². The van der Waals surface area contributed by atoms with Crippen molar-refractivity contribution in [2.45, 2.75) is 44.6 Å². The number of nitrogens with zero attached hydrogens (tertiary/aromatic N) is 1. The van der Waals surface area contributed by atoms with Gasteiger partial charge in [0.25, 0.3) is 5.91 Å². The van der Waals surface area contributed by atoms with Crippen molar-refractivity contribution in [2.24, 2.45) is 0 Å². The fourth-order valence-corrected chi connectivity index (χ4v) is 3.67. The predicted octanol–water partition coefficient (Wildman–Crippen LogP) is 4.26. The van der Waals surface area contributed by atoms with Gasteiger partial charge in [0.1, 0.15) is 10.8 Å². The lowest BCUT2D eigenvalue weighted by Gasteiger charge is -2.19. The van der Waals surface area contributed by atoms with E-state index in [0.717, 1.165) is 5.01 Å². The summed E-state index contributed by atoms with van der Waals surface area (Å²) in [6.07, 6.45) is 6.37. The van der Waals surface area contributed by atoms with E-state index >= 15 is 0 Å². The first-order valence-electron chi connectivity index (χ1n) is 7.70. The molecule has 116 valence electrons. The van der Waals surface area contributed by atoms with E-state index in [0.29, 0.717) is 18.0 Å². The van der Waals surface area contributed by atoms with Crippen LogP contribution in [0.2, 0.25) is 0 Å². The topological polar surface area (TPSA) is 42.0 Å². The summed E-state index contributed by atoms with van der Waals surface area (Å²) in [7, 11) is 0. The Bertz CT molecular complexity index is 632. The lowest BCUT2D eigenvalue weighted by molar-refractivity contribution is 0.0951. The summed E-state index contributed by atoms with van der Waals surface area (Å²) in [5.74, 6) is 0.0505. The molecule has 0 radical (unpaired) electrons. The van der Waals surface area contributed by atoms with Crippen LogP contribution in [0, 0.1) is 5.82 Å². The van der Waals surface area contributed by atoms with E-state index in [1.807, 2.05) is 0 Å². The molecule has 1 N–H and O–H groups in total. The van der Waals surface area contributed by atoms with Crippen molar-refractivity contribution >= 4 is 17.2 Å². The van der Waals surface area contributed by atoms with Crippen LogP contribution in [-0.2, 0) is 6.54 Å². The number of carbonyl (C=O) groups is 1. The lowest BCUT2D eigenvalue weighted by Crippen LogP contribution is -2.22. The van der Waals surface area contributed by atoms with Crippen molar-refractivity contribution in [1.29, 1.82) is 0 Å². The fraction of sp³-hybridized carbons (Fsp3) is 0.412. The maximum atomic E-state index is 12.8. The van der Waals surface area contributed by atoms with Gasteiger partial charge in [-0.2, -0.15) is 0 Å². The Morgan fingerprint density at radius 2 is 1.95 bits per heavy atom. The van der Waals surface area contributed by atoms with Gasteiger partial charge in [-0.25, -0.2) is 9.37 Å². The Balaban J connectivity index is 1.56. The van der Waals surface area contributed by atoms with Gasteiger partial charge in [-0.1, -0.05) is 19.3 Å². The number of amides is 1. The van der Waals surface area contributed by atoms with Gasteiger partial charge in [-0.15, -0.1) is 11.3 Å². The number of nitrogens with one attached hydrogen (secondary N) is 1. The third-order valence-corrected chi connectivity index (χ3v) is 4.97. The Hall–Kier alpha value is -1.75. The largest absolute Gasteiger partial charge is 0.346 e. The highest BCUT2D eigenvalue weighted by Gasteiger charge is 2.18. The van der Waals surface area contributed by atoms with Gasteiger partial charge in [0.15, 0.2) is 0 Å². The SMILES string of the molecule is O=C(NCc1nc(C2CCCCC2)cs1)c1ccc(F)cc1. The molecule has 1 aliphatic carbocycles. The van der Waals surface area contributed by atoms with Crippen LogP contribution < -0.4 is 5.32 Å². The number of benzene rings is 1. The molecular formula is C17H19FN2OS. The zero-order chi connectivity index (χ0) is 15.4. The molecule has 3 nitrogen and oxygen atoms in total. The first-order chi connectivity index (χ1) is 10.7. The summed E-state index contributed by atoms with van der Waals surface area (Å²) in [6.45, 7) is 0.424. The summed E-state index contributed by atoms with van der Waals surface area (Å²) in [4.78, 5) is 16.6. The summed E-state index contributed by atoms with van der Waals surface area (Å²) in [5.41, 5.74) is 1.64. The standard InChI is InChI=1S/C17H19FN2OS/c18-14-8-6-13(7-9-14)17(21)19-10-16-20-15(11-22-16)12-4-2-1-3-5-12/h6-9,11-12H,1-5,10H2,(H,19,21). The highest BCUT2D eigenvalue weighted by atomic mass is 32.1. The van der Waals surface area contributed by atoms with Crippen molar-refractivity contribution in [3.63, 3.8) is 0 Å². The number of carbonyl (C=O) groups excluding carboxylic acids is 1. The van der Waals surface area contributed by atoms with Gasteiger partial charge in [0, 0.05) is 16.9 Å². The molecule has 0 saturated heterocycles. The zero-order valence-electron chi connectivity index (χ0n) is 12.3. The molecule has 1 saturated carbocycles. The highest BCUT2D eigenvalue weighted by Crippen LogP contribution is 2.32. The molecule has 1 fully saturated rings. The summed E-state index contributed by atoms with van der Waals surface area (Å²) < 4.78 is 12.8. The monoisotopic (exact) mass is 318 g/mol. The zero-order valence-corrected chi connectivity index (χ0v) is 13.2. The molecule has 3 rings (SSSR count). The third kappa shape index (κ3) is 3.71. The van der Waals surface area contributed by atoms with E-state index in [-0.39, 0.29) is 11.7 Å². The van der Waals surface area contributed by atoms with E-state index < -0.39 is 0 Å². The van der Waals surface area contributed by atoms with Crippen LogP contribution in [0.3, 0.4) is 0 Å². The first-order valence-corrected chi connectivity index (χ1v) is 8.58. The number of hydrogen-bond donors (Lipinski definition) is 1. The molecule has 0 aliphatic heterocycles. The minimum Gasteiger partial charge on any atom is -0.346 e. The highest BCUT2D eigenvalue weighted by molar-refractivity contribution is 7.09. The van der Waals surface area contributed by atoms with Crippen LogP contribution in [0.25, 0.3) is 0 Å². The molecule has 22 heavy (non-hydrogen) atoms. The second-order valence-corrected chi connectivity index (χ2v) is 6.63. The van der Waals surface area contributed by atoms with Crippen molar-refractivity contribution < 1.29 is 9.18 Å². The second-order valence-electron chi connectivity index (χ2n) is 5.69. The molecule has 1 aromatic carbocycles. The molecule has 0 bridgehead atoms. The van der Waals surface area contributed by atoms with Crippen LogP contribution in [-0.4, -0.2) is 10.9 Å². The van der Waals surface area contributed by atoms with Gasteiger partial charge < -0.3 is 5.32 Å². The Morgan fingerprint density at radius 3 is 2.68 bits per heavy atom. The smallest absolute Gasteiger partial charge is 0.251 e. The quantitative estimate of drug-likeness (QED) is 0.915. The van der Waals surface area contributed by atoms with E-state index in [1.165, 1.54) is 62.1 Å². The molecule has 0 unspecified atom stereocenters. The molecule has 1 heterocycles. The van der Waals surface area contributed by atoms with Crippen LogP contribution in [0.15, 0.2) is 29.6 Å². The van der Waals surface area contributed by atoms with E-state index in [4.69, 9.17) is 0 Å². The second kappa shape index (κ2) is 7.01. The molecule has 1 aromatic heterocycles. The Labute approximate surface area is 133 Å². The van der Waals surface area contributed by atoms with Gasteiger partial charge >= 0.3 is 0 Å². The normalized spacial score (nSPS) is 15.7. The maximum Gasteiger partial charge on any atom is 0.251 e. The average Bonchev–Trinajstić information content (AvgIpc) is 3.03. The van der Waals surface area contributed by atoms with E-state index in [1.54, 1.807) is 11.3 Å². The minimum absolute atomic E-state index is 0.200. The number of halogens is 1. The van der Waals surface area contributed by atoms with Crippen LogP contribution in [0.5, 0.6) is 0 Å². The minimum atomic E-state index is -0.339. The van der Waals surface area contributed by atoms with Crippen LogP contribution >= 0.6 is 11.3 Å². The number of rotatable bonds is 4. The fourth-order valence-electron chi connectivity index (χ4n) is 2.85. The lowest BCUT2D eigenvalue weighted by atomic mass is 9.87. The first kappa shape index (κ1) is 15.2. The van der Waals surface area contributed by atoms with Crippen molar-refractivity contribution in [3.05, 3.63) is 51.7 Å². The average molecular weight is 318 g/mol. The number of thiazole rings is 1. The van der Waals surface area contributed by atoms with E-state index in [2.05, 4.69) is 15.7 Å². The van der Waals surface area contributed by atoms with Crippen molar-refractivity contribution in [3.8, 4) is 0 Å². The summed E-state index contributed by atoms with van der Waals surface area (Å²) >= 11 is 1.60. The maximum absolute atomic E-state index is 12.8. The third-order valence-electron chi connectivity index (χ3n) is 4.10. The van der Waals surface area contributed by atoms with E-state index in [9.17, 15) is 9.18 Å². The van der Waals surface area contributed by atoms with Crippen molar-refractivity contribution in [1.82, 2.24) is 10.3 Å². The van der Waals surface area contributed by atoms with Gasteiger partial charge in [0.2, 0.25) is 0 Å². The van der Waals surface area contributed by atoms with Crippen LogP contribution in [0.4, 0.5) is 4.39 Å². The molecule has 1 aliphatic rings. The van der Waals surface area contributed by atoms with Crippen LogP contribution in [0.1, 0.15) is 59.1 Å². The molecule has 0 spiro atoms. The Morgan fingerprint density at radius 1 is 1.23 bits per heavy atom. The van der Waals surface area contributed by atoms with Gasteiger partial charge in [0.05, 0.1) is 12.2 Å². The molecule has 0 atom stereocenters.